The van der Waals surface area contributed by atoms with Crippen molar-refractivity contribution in [2.75, 3.05) is 4.90 Å². The van der Waals surface area contributed by atoms with E-state index in [2.05, 4.69) is 10.2 Å². The monoisotopic (exact) mass is 487 g/mol. The molecule has 8 nitrogen and oxygen atoms in total. The van der Waals surface area contributed by atoms with Crippen LogP contribution < -0.4 is 9.64 Å². The van der Waals surface area contributed by atoms with E-state index >= 15 is 0 Å². The highest BCUT2D eigenvalue weighted by Gasteiger charge is 2.46. The number of benzene rings is 2. The third-order valence-electron chi connectivity index (χ3n) is 5.56. The molecule has 35 heavy (non-hydrogen) atoms. The van der Waals surface area contributed by atoms with Gasteiger partial charge in [-0.25, -0.2) is 0 Å². The number of aryl methyl sites for hydroxylation is 2. The van der Waals surface area contributed by atoms with Crippen molar-refractivity contribution in [3.8, 4) is 5.75 Å². The number of aliphatic hydroxyl groups excluding tert-OH is 1. The van der Waals surface area contributed by atoms with Crippen LogP contribution in [0.5, 0.6) is 5.75 Å². The summed E-state index contributed by atoms with van der Waals surface area (Å²) in [5.74, 6) is -0.811. The number of carbonyl (C=O) groups is 2. The highest BCUT2D eigenvalue weighted by Crippen LogP contribution is 2.43. The Kier molecular flexibility index (Phi) is 5.92. The van der Waals surface area contributed by atoms with E-state index in [1.165, 1.54) is 22.3 Å². The van der Waals surface area contributed by atoms with E-state index in [1.807, 2.05) is 30.3 Å². The first-order valence-corrected chi connectivity index (χ1v) is 11.7. The molecule has 5 rings (SSSR count). The number of aliphatic hydroxyl groups is 1. The quantitative estimate of drug-likeness (QED) is 0.361. The van der Waals surface area contributed by atoms with Crippen LogP contribution in [0.3, 0.4) is 0 Å². The molecule has 2 aromatic carbocycles. The maximum atomic E-state index is 13.4. The summed E-state index contributed by atoms with van der Waals surface area (Å²) in [5.41, 5.74) is 1.49. The first-order chi connectivity index (χ1) is 16.9. The number of hydrogen-bond donors (Lipinski definition) is 1. The summed E-state index contributed by atoms with van der Waals surface area (Å²) in [5, 5.41) is 19.9. The number of ketones is 1. The number of amides is 1. The van der Waals surface area contributed by atoms with Gasteiger partial charge in [-0.05, 0) is 49.2 Å². The third-order valence-corrected chi connectivity index (χ3v) is 6.40. The van der Waals surface area contributed by atoms with Gasteiger partial charge in [0.15, 0.2) is 11.5 Å². The minimum atomic E-state index is -0.937. The minimum absolute atomic E-state index is 0.0358. The zero-order valence-electron chi connectivity index (χ0n) is 19.0. The summed E-state index contributed by atoms with van der Waals surface area (Å²) in [7, 11) is 0. The number of aromatic nitrogens is 2. The van der Waals surface area contributed by atoms with Crippen molar-refractivity contribution >= 4 is 28.2 Å². The molecule has 3 heterocycles. The lowest BCUT2D eigenvalue weighted by Gasteiger charge is -2.24. The molecule has 176 valence electrons. The van der Waals surface area contributed by atoms with Crippen LogP contribution in [0.15, 0.2) is 82.5 Å². The second-order valence-electron chi connectivity index (χ2n) is 8.03. The molecule has 0 radical (unpaired) electrons. The largest absolute Gasteiger partial charge is 0.503 e. The lowest BCUT2D eigenvalue weighted by atomic mass is 9.95. The van der Waals surface area contributed by atoms with E-state index in [4.69, 9.17) is 9.15 Å². The van der Waals surface area contributed by atoms with Crippen LogP contribution in [-0.2, 0) is 11.4 Å². The number of hydrogen-bond acceptors (Lipinski definition) is 8. The maximum absolute atomic E-state index is 13.4. The normalized spacial score (nSPS) is 15.7. The van der Waals surface area contributed by atoms with E-state index in [9.17, 15) is 14.7 Å². The van der Waals surface area contributed by atoms with Gasteiger partial charge in [0.2, 0.25) is 10.9 Å². The van der Waals surface area contributed by atoms with Gasteiger partial charge in [0.05, 0.1) is 11.6 Å². The topological polar surface area (TPSA) is 106 Å². The minimum Gasteiger partial charge on any atom is -0.503 e. The fourth-order valence-corrected chi connectivity index (χ4v) is 4.65. The van der Waals surface area contributed by atoms with Crippen LogP contribution in [-0.4, -0.2) is 27.0 Å². The predicted octanol–water partition coefficient (Wildman–Crippen LogP) is 5.11. The zero-order valence-corrected chi connectivity index (χ0v) is 19.8. The Bertz CT molecular complexity index is 1440. The van der Waals surface area contributed by atoms with Crippen molar-refractivity contribution in [3.63, 3.8) is 0 Å². The van der Waals surface area contributed by atoms with Gasteiger partial charge in [-0.3, -0.25) is 14.5 Å². The van der Waals surface area contributed by atoms with Crippen molar-refractivity contribution in [2.45, 2.75) is 26.5 Å². The lowest BCUT2D eigenvalue weighted by Crippen LogP contribution is -2.31. The molecule has 0 saturated heterocycles. The van der Waals surface area contributed by atoms with Crippen molar-refractivity contribution in [2.24, 2.45) is 0 Å². The van der Waals surface area contributed by atoms with Gasteiger partial charge in [-0.2, -0.15) is 0 Å². The number of Topliss-reactive ketones (excluding diaryl/α,β-unsaturated/α-hetero) is 1. The molecule has 1 unspecified atom stereocenters. The molecule has 1 amide bonds. The van der Waals surface area contributed by atoms with Gasteiger partial charge in [0.25, 0.3) is 5.91 Å². The fourth-order valence-electron chi connectivity index (χ4n) is 3.94. The number of carbonyl (C=O) groups excluding carboxylic acids is 2. The van der Waals surface area contributed by atoms with Crippen molar-refractivity contribution in [1.82, 2.24) is 10.2 Å². The molecule has 0 spiro atoms. The molecule has 0 fully saturated rings. The molecule has 1 aliphatic rings. The number of ether oxygens (including phenoxy) is 1. The van der Waals surface area contributed by atoms with Gasteiger partial charge in [-0.1, -0.05) is 53.8 Å². The standard InChI is InChI=1S/C26H21N3O5S/c1-15-11-12-20(34-15)23(30)21-22(29(25(32)24(21)31)26-28-27-16(2)35-26)18-9-6-10-19(13-18)33-14-17-7-4-3-5-8-17/h3-13,22,31H,14H2,1-2H3. The Balaban J connectivity index is 1.55. The predicted molar refractivity (Wildman–Crippen MR) is 130 cm³/mol. The number of nitrogens with zero attached hydrogens (tertiary/aromatic N) is 3. The molecule has 4 aromatic rings. The van der Waals surface area contributed by atoms with E-state index in [-0.39, 0.29) is 16.5 Å². The highest BCUT2D eigenvalue weighted by molar-refractivity contribution is 7.15. The second-order valence-corrected chi connectivity index (χ2v) is 9.19. The fraction of sp³-hybridized carbons (Fsp3) is 0.154. The van der Waals surface area contributed by atoms with Crippen LogP contribution >= 0.6 is 11.3 Å². The Hall–Kier alpha value is -4.24. The number of rotatable bonds is 7. The van der Waals surface area contributed by atoms with Gasteiger partial charge < -0.3 is 14.3 Å². The Morgan fingerprint density at radius 1 is 1.09 bits per heavy atom. The average molecular weight is 488 g/mol. The van der Waals surface area contributed by atoms with Crippen molar-refractivity contribution in [3.05, 3.63) is 106 Å². The van der Waals surface area contributed by atoms with E-state index in [1.54, 1.807) is 44.2 Å². The summed E-state index contributed by atoms with van der Waals surface area (Å²) in [4.78, 5) is 27.9. The van der Waals surface area contributed by atoms with Crippen LogP contribution in [0.1, 0.15) is 38.5 Å². The smallest absolute Gasteiger partial charge is 0.296 e. The Morgan fingerprint density at radius 3 is 2.57 bits per heavy atom. The summed E-state index contributed by atoms with van der Waals surface area (Å²) in [6.45, 7) is 3.83. The second kappa shape index (κ2) is 9.19. The molecule has 1 aliphatic heterocycles. The lowest BCUT2D eigenvalue weighted by molar-refractivity contribution is -0.117. The van der Waals surface area contributed by atoms with Gasteiger partial charge >= 0.3 is 0 Å². The SMILES string of the molecule is Cc1ccc(C(=O)C2=C(O)C(=O)N(c3nnc(C)s3)C2c2cccc(OCc3ccccc3)c2)o1. The Morgan fingerprint density at radius 2 is 1.89 bits per heavy atom. The van der Waals surface area contributed by atoms with E-state index in [0.29, 0.717) is 28.7 Å². The molecule has 0 bridgehead atoms. The molecular formula is C26H21N3O5S. The first kappa shape index (κ1) is 22.5. The van der Waals surface area contributed by atoms with Gasteiger partial charge in [0.1, 0.15) is 23.1 Å². The summed E-state index contributed by atoms with van der Waals surface area (Å²) in [6, 6.07) is 19.1. The zero-order chi connectivity index (χ0) is 24.5. The van der Waals surface area contributed by atoms with Crippen LogP contribution in [0.25, 0.3) is 0 Å². The molecule has 2 aromatic heterocycles. The number of anilines is 1. The first-order valence-electron chi connectivity index (χ1n) is 10.9. The number of furan rings is 1. The van der Waals surface area contributed by atoms with E-state index in [0.717, 1.165) is 5.56 Å². The summed E-state index contributed by atoms with van der Waals surface area (Å²) >= 11 is 1.19. The van der Waals surface area contributed by atoms with Crippen LogP contribution in [0, 0.1) is 13.8 Å². The maximum Gasteiger partial charge on any atom is 0.296 e. The van der Waals surface area contributed by atoms with E-state index < -0.39 is 23.5 Å². The molecular weight excluding hydrogens is 466 g/mol. The molecule has 0 aliphatic carbocycles. The summed E-state index contributed by atoms with van der Waals surface area (Å²) < 4.78 is 11.5. The van der Waals surface area contributed by atoms with Crippen LogP contribution in [0.4, 0.5) is 5.13 Å². The third kappa shape index (κ3) is 4.33. The molecule has 1 N–H and O–H groups in total. The van der Waals surface area contributed by atoms with Gasteiger partial charge in [0, 0.05) is 0 Å². The van der Waals surface area contributed by atoms with Gasteiger partial charge in [-0.15, -0.1) is 10.2 Å². The molecule has 1 atom stereocenters. The summed E-state index contributed by atoms with van der Waals surface area (Å²) in [6.07, 6.45) is 0. The van der Waals surface area contributed by atoms with Crippen molar-refractivity contribution in [1.29, 1.82) is 0 Å². The Labute approximate surface area is 205 Å². The highest BCUT2D eigenvalue weighted by atomic mass is 32.1. The van der Waals surface area contributed by atoms with Crippen LogP contribution in [0.2, 0.25) is 0 Å². The van der Waals surface area contributed by atoms with Crippen molar-refractivity contribution < 1.29 is 23.8 Å². The molecule has 9 heteroatoms. The average Bonchev–Trinajstić information content (AvgIpc) is 3.56. The molecule has 0 saturated carbocycles.